The zero-order chi connectivity index (χ0) is 27.7. The molecule has 38 heavy (non-hydrogen) atoms. The first-order valence-electron chi connectivity index (χ1n) is 12.3. The molecule has 1 unspecified atom stereocenters. The van der Waals surface area contributed by atoms with Crippen LogP contribution in [0.3, 0.4) is 0 Å². The van der Waals surface area contributed by atoms with Crippen molar-refractivity contribution in [3.05, 3.63) is 65.7 Å². The van der Waals surface area contributed by atoms with Gasteiger partial charge in [0.1, 0.15) is 17.6 Å². The van der Waals surface area contributed by atoms with Crippen molar-refractivity contribution >= 4 is 29.5 Å². The van der Waals surface area contributed by atoms with E-state index in [4.69, 9.17) is 15.9 Å². The molecule has 2 aromatic carbocycles. The number of unbranched alkanes of at least 4 members (excludes halogenated alkanes) is 1. The van der Waals surface area contributed by atoms with E-state index in [1.54, 1.807) is 31.3 Å². The number of nitrogens with zero attached hydrogens (tertiary/aromatic N) is 3. The Balaban J connectivity index is 1.51. The zero-order valence-corrected chi connectivity index (χ0v) is 21.3. The van der Waals surface area contributed by atoms with Crippen LogP contribution >= 0.6 is 0 Å². The number of carboxylic acids is 1. The minimum atomic E-state index is -1.26. The lowest BCUT2D eigenvalue weighted by Gasteiger charge is -2.38. The van der Waals surface area contributed by atoms with Crippen molar-refractivity contribution in [2.45, 2.75) is 31.8 Å². The molecule has 11 nitrogen and oxygen atoms in total. The van der Waals surface area contributed by atoms with Gasteiger partial charge in [-0.1, -0.05) is 30.3 Å². The highest BCUT2D eigenvalue weighted by molar-refractivity contribution is 6.35. The first-order valence-corrected chi connectivity index (χ1v) is 12.3. The van der Waals surface area contributed by atoms with Crippen molar-refractivity contribution < 1.29 is 29.0 Å². The summed E-state index contributed by atoms with van der Waals surface area (Å²) in [5.74, 6) is -2.75. The van der Waals surface area contributed by atoms with Crippen molar-refractivity contribution in [2.75, 3.05) is 33.3 Å². The average molecular weight is 524 g/mol. The van der Waals surface area contributed by atoms with Crippen LogP contribution in [0.4, 0.5) is 0 Å². The predicted octanol–water partition coefficient (Wildman–Crippen LogP) is 1.30. The summed E-state index contributed by atoms with van der Waals surface area (Å²) < 4.78 is 5.67. The highest BCUT2D eigenvalue weighted by Gasteiger charge is 2.40. The number of benzene rings is 2. The molecule has 0 aromatic heterocycles. The van der Waals surface area contributed by atoms with E-state index in [9.17, 15) is 24.3 Å². The molecule has 0 bridgehead atoms. The Kier molecular flexibility index (Phi) is 9.80. The van der Waals surface area contributed by atoms with E-state index in [0.717, 1.165) is 10.5 Å². The lowest BCUT2D eigenvalue weighted by molar-refractivity contribution is -0.162. The molecule has 4 N–H and O–H groups in total. The smallest absolute Gasteiger partial charge is 0.312 e. The number of rotatable bonds is 13. The molecule has 0 aliphatic carbocycles. The summed E-state index contributed by atoms with van der Waals surface area (Å²) in [6, 6.07) is 14.8. The number of amidine groups is 1. The molecular formula is C27H33N5O6. The molecule has 3 rings (SSSR count). The third-order valence-corrected chi connectivity index (χ3v) is 6.27. The molecule has 11 heteroatoms. The minimum Gasteiger partial charge on any atom is -0.494 e. The van der Waals surface area contributed by atoms with E-state index >= 15 is 0 Å². The van der Waals surface area contributed by atoms with Gasteiger partial charge in [0.25, 0.3) is 0 Å². The van der Waals surface area contributed by atoms with Gasteiger partial charge in [0, 0.05) is 38.8 Å². The summed E-state index contributed by atoms with van der Waals surface area (Å²) in [5, 5.41) is 16.8. The van der Waals surface area contributed by atoms with E-state index in [0.29, 0.717) is 37.3 Å². The second kappa shape index (κ2) is 13.2. The van der Waals surface area contributed by atoms with Crippen LogP contribution in [-0.2, 0) is 25.7 Å². The second-order valence-corrected chi connectivity index (χ2v) is 9.08. The molecule has 2 aromatic rings. The summed E-state index contributed by atoms with van der Waals surface area (Å²) in [6.07, 6.45) is 0.657. The van der Waals surface area contributed by atoms with E-state index in [2.05, 4.69) is 0 Å². The summed E-state index contributed by atoms with van der Waals surface area (Å²) >= 11 is 0. The molecule has 1 heterocycles. The molecule has 1 fully saturated rings. The maximum Gasteiger partial charge on any atom is 0.312 e. The molecular weight excluding hydrogens is 490 g/mol. The van der Waals surface area contributed by atoms with E-state index in [1.807, 2.05) is 30.3 Å². The van der Waals surface area contributed by atoms with Gasteiger partial charge < -0.3 is 30.3 Å². The Morgan fingerprint density at radius 2 is 1.74 bits per heavy atom. The molecule has 3 amide bonds. The number of carbonyl (C=O) groups excluding carboxylic acids is 3. The van der Waals surface area contributed by atoms with Gasteiger partial charge in [-0.2, -0.15) is 0 Å². The zero-order valence-electron chi connectivity index (χ0n) is 21.3. The number of amides is 3. The summed E-state index contributed by atoms with van der Waals surface area (Å²) in [4.78, 5) is 54.2. The van der Waals surface area contributed by atoms with Gasteiger partial charge in [-0.25, -0.2) is 0 Å². The highest BCUT2D eigenvalue weighted by Crippen LogP contribution is 2.17. The van der Waals surface area contributed by atoms with Crippen molar-refractivity contribution in [3.63, 3.8) is 0 Å². The highest BCUT2D eigenvalue weighted by atomic mass is 16.5. The van der Waals surface area contributed by atoms with Gasteiger partial charge in [-0.05, 0) is 42.7 Å². The number of carboxylic acid groups (broad SMARTS) is 1. The first kappa shape index (κ1) is 28.2. The Labute approximate surface area is 221 Å². The van der Waals surface area contributed by atoms with Crippen molar-refractivity contribution in [2.24, 2.45) is 5.73 Å². The number of aliphatic carboxylic acids is 1. The Morgan fingerprint density at radius 1 is 1.05 bits per heavy atom. The van der Waals surface area contributed by atoms with Crippen molar-refractivity contribution in [1.82, 2.24) is 14.7 Å². The van der Waals surface area contributed by atoms with Gasteiger partial charge in [0.15, 0.2) is 0 Å². The third-order valence-electron chi connectivity index (χ3n) is 6.27. The molecule has 1 aliphatic rings. The topological polar surface area (TPSA) is 157 Å². The number of hydrogen-bond donors (Lipinski definition) is 3. The largest absolute Gasteiger partial charge is 0.494 e. The molecule has 0 saturated carbocycles. The second-order valence-electron chi connectivity index (χ2n) is 9.08. The number of piperazine rings is 1. The first-order chi connectivity index (χ1) is 18.2. The monoisotopic (exact) mass is 523 g/mol. The number of nitrogens with two attached hydrogens (primary N) is 1. The summed E-state index contributed by atoms with van der Waals surface area (Å²) in [5.41, 5.74) is 6.91. The number of likely N-dealkylation sites (N-methyl/N-ethyl adjacent to an activating group) is 1. The number of carbonyl (C=O) groups is 4. The number of ether oxygens (including phenoxy) is 1. The number of hydrogen-bond acceptors (Lipinski definition) is 6. The lowest BCUT2D eigenvalue weighted by Crippen LogP contribution is -2.60. The fourth-order valence-electron chi connectivity index (χ4n) is 4.21. The maximum atomic E-state index is 13.1. The van der Waals surface area contributed by atoms with Gasteiger partial charge in [0.05, 0.1) is 13.0 Å². The quantitative estimate of drug-likeness (QED) is 0.155. The van der Waals surface area contributed by atoms with Crippen LogP contribution in [0.15, 0.2) is 54.6 Å². The van der Waals surface area contributed by atoms with E-state index in [-0.39, 0.29) is 25.5 Å². The maximum absolute atomic E-state index is 13.1. The van der Waals surface area contributed by atoms with Crippen LogP contribution in [0.25, 0.3) is 0 Å². The molecule has 1 saturated heterocycles. The number of nitrogen functional groups attached to an aromatic ring is 1. The average Bonchev–Trinajstić information content (AvgIpc) is 2.90. The molecule has 1 atom stereocenters. The summed E-state index contributed by atoms with van der Waals surface area (Å²) in [7, 11) is 1.55. The molecule has 202 valence electrons. The van der Waals surface area contributed by atoms with Crippen LogP contribution < -0.4 is 10.5 Å². The van der Waals surface area contributed by atoms with Crippen LogP contribution in [0.2, 0.25) is 0 Å². The SMILES string of the molecule is CN(Cc1ccccc1)C(=O)C(CC(=O)O)N1CCN(CCCCOc2ccc(C(=N)N)cc2)C(=O)C1=O. The standard InChI is InChI=1S/C27H33N5O6/c1-30(18-19-7-3-2-4-8-19)25(35)22(17-23(33)34)32-15-14-31(26(36)27(32)37)13-5-6-16-38-21-11-9-20(10-12-21)24(28)29/h2-4,7-12,22H,5-6,13-18H2,1H3,(H3,28,29)(H,33,34). The van der Waals surface area contributed by atoms with E-state index < -0.39 is 36.2 Å². The van der Waals surface area contributed by atoms with Crippen molar-refractivity contribution in [3.8, 4) is 5.75 Å². The number of nitrogens with one attached hydrogen (secondary N) is 1. The minimum absolute atomic E-state index is 0.0197. The van der Waals surface area contributed by atoms with Gasteiger partial charge in [-0.15, -0.1) is 0 Å². The fraction of sp³-hybridized carbons (Fsp3) is 0.370. The Morgan fingerprint density at radius 3 is 2.37 bits per heavy atom. The van der Waals surface area contributed by atoms with E-state index in [1.165, 1.54) is 9.80 Å². The van der Waals surface area contributed by atoms with Gasteiger partial charge in [0.2, 0.25) is 5.91 Å². The summed E-state index contributed by atoms with van der Waals surface area (Å²) in [6.45, 7) is 1.29. The molecule has 0 spiro atoms. The Hall–Kier alpha value is -4.41. The molecule has 0 radical (unpaired) electrons. The lowest BCUT2D eigenvalue weighted by atomic mass is 10.1. The van der Waals surface area contributed by atoms with Crippen molar-refractivity contribution in [1.29, 1.82) is 5.41 Å². The van der Waals surface area contributed by atoms with Crippen LogP contribution in [-0.4, -0.2) is 88.7 Å². The molecule has 1 aliphatic heterocycles. The van der Waals surface area contributed by atoms with Crippen LogP contribution in [0.5, 0.6) is 5.75 Å². The van der Waals surface area contributed by atoms with Gasteiger partial charge >= 0.3 is 17.8 Å². The Bertz CT molecular complexity index is 1150. The van der Waals surface area contributed by atoms with Crippen LogP contribution in [0.1, 0.15) is 30.4 Å². The predicted molar refractivity (Wildman–Crippen MR) is 139 cm³/mol. The third kappa shape index (κ3) is 7.55. The van der Waals surface area contributed by atoms with Crippen LogP contribution in [0, 0.1) is 5.41 Å². The normalized spacial score (nSPS) is 14.2. The fourth-order valence-corrected chi connectivity index (χ4v) is 4.21. The van der Waals surface area contributed by atoms with Gasteiger partial charge in [-0.3, -0.25) is 24.6 Å².